The van der Waals surface area contributed by atoms with Crippen molar-refractivity contribution >= 4 is 29.6 Å². The first-order chi connectivity index (χ1) is 9.43. The lowest BCUT2D eigenvalue weighted by Crippen LogP contribution is -2.35. The highest BCUT2D eigenvalue weighted by atomic mass is 35.5. The fraction of sp³-hybridized carbons (Fsp3) is 0.286. The Labute approximate surface area is 122 Å². The molecule has 5 nitrogen and oxygen atoms in total. The molecule has 0 saturated heterocycles. The van der Waals surface area contributed by atoms with E-state index in [1.165, 1.54) is 12.1 Å². The van der Waals surface area contributed by atoms with Gasteiger partial charge in [0, 0.05) is 29.8 Å². The second-order valence-electron chi connectivity index (χ2n) is 4.24. The van der Waals surface area contributed by atoms with Crippen molar-refractivity contribution in [2.45, 2.75) is 13.0 Å². The Kier molecular flexibility index (Phi) is 6.21. The minimum atomic E-state index is -1.06. The number of hydrogen-bond acceptors (Lipinski definition) is 3. The molecule has 0 aromatic heterocycles. The molecule has 0 spiro atoms. The Bertz CT molecular complexity index is 528. The fourth-order valence-electron chi connectivity index (χ4n) is 1.56. The molecule has 1 amide bonds. The van der Waals surface area contributed by atoms with Gasteiger partial charge in [-0.05, 0) is 30.7 Å². The van der Waals surface area contributed by atoms with Crippen molar-refractivity contribution in [1.82, 2.24) is 5.32 Å². The zero-order valence-electron chi connectivity index (χ0n) is 11.2. The van der Waals surface area contributed by atoms with Crippen LogP contribution in [0, 0.1) is 0 Å². The Hall–Kier alpha value is -1.85. The molecule has 0 aliphatic heterocycles. The van der Waals surface area contributed by atoms with Gasteiger partial charge in [0.05, 0.1) is 6.61 Å². The lowest BCUT2D eigenvalue weighted by Gasteiger charge is -2.13. The molecule has 108 valence electrons. The summed E-state index contributed by atoms with van der Waals surface area (Å²) in [4.78, 5) is 22.4. The number of aliphatic carboxylic acids is 1. The van der Waals surface area contributed by atoms with Crippen molar-refractivity contribution in [1.29, 1.82) is 0 Å². The van der Waals surface area contributed by atoms with Gasteiger partial charge < -0.3 is 15.2 Å². The minimum absolute atomic E-state index is 0.113. The second kappa shape index (κ2) is 7.67. The predicted octanol–water partition coefficient (Wildman–Crippen LogP) is 2.20. The summed E-state index contributed by atoms with van der Waals surface area (Å²) >= 11 is 6.01. The molecule has 0 aliphatic carbocycles. The van der Waals surface area contributed by atoms with Gasteiger partial charge in [0.1, 0.15) is 0 Å². The van der Waals surface area contributed by atoms with E-state index in [0.29, 0.717) is 22.8 Å². The topological polar surface area (TPSA) is 75.6 Å². The molecule has 1 aromatic carbocycles. The van der Waals surface area contributed by atoms with E-state index in [1.807, 2.05) is 6.92 Å². The smallest absolute Gasteiger partial charge is 0.328 e. The maximum atomic E-state index is 11.9. The number of carbonyl (C=O) groups is 2. The molecule has 6 heteroatoms. The molecule has 1 aromatic rings. The molecule has 1 atom stereocenters. The first-order valence-electron chi connectivity index (χ1n) is 5.94. The number of rotatable bonds is 6. The van der Waals surface area contributed by atoms with Gasteiger partial charge in [0.2, 0.25) is 0 Å². The highest BCUT2D eigenvalue weighted by Crippen LogP contribution is 2.19. The maximum absolute atomic E-state index is 11.9. The van der Waals surface area contributed by atoms with E-state index in [-0.39, 0.29) is 11.9 Å². The highest BCUT2D eigenvalue weighted by Gasteiger charge is 2.11. The molecule has 2 N–H and O–H groups in total. The average molecular weight is 298 g/mol. The number of benzene rings is 1. The number of amides is 1. The van der Waals surface area contributed by atoms with Crippen LogP contribution >= 0.6 is 11.6 Å². The van der Waals surface area contributed by atoms with Crippen LogP contribution in [0.3, 0.4) is 0 Å². The molecule has 20 heavy (non-hydrogen) atoms. The van der Waals surface area contributed by atoms with Gasteiger partial charge in [-0.15, -0.1) is 0 Å². The van der Waals surface area contributed by atoms with Crippen LogP contribution in [0.1, 0.15) is 22.8 Å². The number of hydrogen-bond donors (Lipinski definition) is 2. The molecule has 1 unspecified atom stereocenters. The van der Waals surface area contributed by atoms with E-state index in [9.17, 15) is 9.59 Å². The van der Waals surface area contributed by atoms with E-state index in [1.54, 1.807) is 19.2 Å². The third-order valence-electron chi connectivity index (χ3n) is 2.46. The van der Waals surface area contributed by atoms with Crippen molar-refractivity contribution < 1.29 is 19.4 Å². The lowest BCUT2D eigenvalue weighted by molar-refractivity contribution is -0.131. The fourth-order valence-corrected chi connectivity index (χ4v) is 1.81. The molecule has 0 saturated carbocycles. The molecule has 0 heterocycles. The SMILES string of the molecule is COCC(C)NC(=O)c1ccc(/C=C/C(=O)O)c(Cl)c1. The van der Waals surface area contributed by atoms with Crippen LogP contribution < -0.4 is 5.32 Å². The first kappa shape index (κ1) is 16.2. The Balaban J connectivity index is 2.81. The molecule has 0 fully saturated rings. The van der Waals surface area contributed by atoms with Gasteiger partial charge in [-0.2, -0.15) is 0 Å². The monoisotopic (exact) mass is 297 g/mol. The number of halogens is 1. The molecule has 0 radical (unpaired) electrons. The average Bonchev–Trinajstić information content (AvgIpc) is 2.37. The first-order valence-corrected chi connectivity index (χ1v) is 6.32. The summed E-state index contributed by atoms with van der Waals surface area (Å²) in [5.41, 5.74) is 0.945. The highest BCUT2D eigenvalue weighted by molar-refractivity contribution is 6.32. The van der Waals surface area contributed by atoms with Crippen LogP contribution in [0.2, 0.25) is 5.02 Å². The number of nitrogens with one attached hydrogen (secondary N) is 1. The third-order valence-corrected chi connectivity index (χ3v) is 2.79. The summed E-state index contributed by atoms with van der Waals surface area (Å²) in [6.07, 6.45) is 2.36. The quantitative estimate of drug-likeness (QED) is 0.789. The molecule has 0 bridgehead atoms. The van der Waals surface area contributed by atoms with Crippen molar-refractivity contribution in [3.05, 3.63) is 40.4 Å². The normalized spacial score (nSPS) is 12.3. The van der Waals surface area contributed by atoms with Crippen LogP contribution in [-0.4, -0.2) is 36.7 Å². The van der Waals surface area contributed by atoms with Gasteiger partial charge in [-0.25, -0.2) is 4.79 Å². The van der Waals surface area contributed by atoms with Crippen molar-refractivity contribution in [2.24, 2.45) is 0 Å². The van der Waals surface area contributed by atoms with Gasteiger partial charge in [0.15, 0.2) is 0 Å². The number of carbonyl (C=O) groups excluding carboxylic acids is 1. The third kappa shape index (κ3) is 5.03. The number of carboxylic acid groups (broad SMARTS) is 1. The largest absolute Gasteiger partial charge is 0.478 e. The van der Waals surface area contributed by atoms with E-state index in [2.05, 4.69) is 5.32 Å². The molecule has 1 rings (SSSR count). The van der Waals surface area contributed by atoms with Crippen molar-refractivity contribution in [2.75, 3.05) is 13.7 Å². The maximum Gasteiger partial charge on any atom is 0.328 e. The zero-order chi connectivity index (χ0) is 15.1. The van der Waals surface area contributed by atoms with E-state index in [4.69, 9.17) is 21.4 Å². The lowest BCUT2D eigenvalue weighted by atomic mass is 10.1. The standard InChI is InChI=1S/C14H16ClNO4/c1-9(8-20-2)16-14(19)11-4-3-10(12(15)7-11)5-6-13(17)18/h3-7,9H,8H2,1-2H3,(H,16,19)(H,17,18)/b6-5+. The van der Waals surface area contributed by atoms with Crippen LogP contribution in [0.25, 0.3) is 6.08 Å². The summed E-state index contributed by atoms with van der Waals surface area (Å²) in [6, 6.07) is 4.57. The van der Waals surface area contributed by atoms with Gasteiger partial charge in [-0.3, -0.25) is 4.79 Å². The molecular weight excluding hydrogens is 282 g/mol. The summed E-state index contributed by atoms with van der Waals surface area (Å²) in [5, 5.41) is 11.6. The zero-order valence-corrected chi connectivity index (χ0v) is 12.0. The van der Waals surface area contributed by atoms with E-state index >= 15 is 0 Å². The second-order valence-corrected chi connectivity index (χ2v) is 4.64. The van der Waals surface area contributed by atoms with Crippen LogP contribution in [0.4, 0.5) is 0 Å². The van der Waals surface area contributed by atoms with E-state index in [0.717, 1.165) is 6.08 Å². The minimum Gasteiger partial charge on any atom is -0.478 e. The van der Waals surface area contributed by atoms with Gasteiger partial charge in [-0.1, -0.05) is 17.7 Å². The molecular formula is C14H16ClNO4. The van der Waals surface area contributed by atoms with Gasteiger partial charge in [0.25, 0.3) is 5.91 Å². The Morgan fingerprint density at radius 2 is 2.20 bits per heavy atom. The molecule has 0 aliphatic rings. The van der Waals surface area contributed by atoms with Crippen LogP contribution in [0.15, 0.2) is 24.3 Å². The van der Waals surface area contributed by atoms with Crippen LogP contribution in [0.5, 0.6) is 0 Å². The van der Waals surface area contributed by atoms with Crippen molar-refractivity contribution in [3.63, 3.8) is 0 Å². The Morgan fingerprint density at radius 1 is 1.50 bits per heavy atom. The summed E-state index contributed by atoms with van der Waals surface area (Å²) in [7, 11) is 1.56. The number of ether oxygens (including phenoxy) is 1. The predicted molar refractivity (Wildman–Crippen MR) is 76.9 cm³/mol. The van der Waals surface area contributed by atoms with Crippen molar-refractivity contribution in [3.8, 4) is 0 Å². The van der Waals surface area contributed by atoms with E-state index < -0.39 is 5.97 Å². The summed E-state index contributed by atoms with van der Waals surface area (Å²) < 4.78 is 4.93. The Morgan fingerprint density at radius 3 is 2.75 bits per heavy atom. The summed E-state index contributed by atoms with van der Waals surface area (Å²) in [5.74, 6) is -1.32. The van der Waals surface area contributed by atoms with Crippen LogP contribution in [-0.2, 0) is 9.53 Å². The number of methoxy groups -OCH3 is 1. The summed E-state index contributed by atoms with van der Waals surface area (Å²) in [6.45, 7) is 2.24. The number of carboxylic acids is 1. The van der Waals surface area contributed by atoms with Gasteiger partial charge >= 0.3 is 5.97 Å².